The lowest BCUT2D eigenvalue weighted by Crippen LogP contribution is -3.12. The van der Waals surface area contributed by atoms with Gasteiger partial charge in [0.1, 0.15) is 0 Å². The molecule has 0 amide bonds. The molecule has 2 aliphatic heterocycles. The molecule has 11 heteroatoms. The summed E-state index contributed by atoms with van der Waals surface area (Å²) in [4.78, 5) is 0. The van der Waals surface area contributed by atoms with Gasteiger partial charge in [-0.3, -0.25) is 0 Å². The molecule has 1 spiro atoms. The minimum absolute atomic E-state index is 1.14. The predicted molar refractivity (Wildman–Crippen MR) is 181 cm³/mol. The normalized spacial score (nSPS) is 34.5. The van der Waals surface area contributed by atoms with E-state index in [9.17, 15) is 0 Å². The fraction of sp³-hybridized carbons (Fsp3) is 1.00. The van der Waals surface area contributed by atoms with E-state index in [0.29, 0.717) is 0 Å². The van der Waals surface area contributed by atoms with Crippen LogP contribution in [0.5, 0.6) is 0 Å². The summed E-state index contributed by atoms with van der Waals surface area (Å²) in [5, 5.41) is 0. The monoisotopic (exact) mass is 608 g/mol. The molecule has 2 rings (SSSR count). The number of rotatable bonds is 1. The van der Waals surface area contributed by atoms with Crippen LogP contribution in [-0.2, 0) is 0 Å². The Kier molecular flexibility index (Phi) is 6.52. The van der Waals surface area contributed by atoms with Crippen molar-refractivity contribution in [2.75, 3.05) is 0 Å². The highest BCUT2D eigenvalue weighted by atomic mass is 30.6. The molecule has 0 aromatic heterocycles. The average Bonchev–Trinajstić information content (AvgIpc) is 2.55. The SMILES string of the molecule is C[Si](C)(C)[Si]1(C)[Si](C)(C)[Si](C)(C)[Si]2([Si](C)(C)[Si](C)(C)[Si](C)(C)[Si]2(C)C)[Si](C)(C)[Si]1(C)C. The topological polar surface area (TPSA) is 0 Å². The molecule has 2 aliphatic rings. The Hall–Kier alpha value is 2.39. The van der Waals surface area contributed by atoms with Crippen molar-refractivity contribution >= 4 is 77.2 Å². The first-order chi connectivity index (χ1) is 13.0. The van der Waals surface area contributed by atoms with Gasteiger partial charge in [0, 0.05) is 77.2 Å². The Morgan fingerprint density at radius 1 is 0.290 bits per heavy atom. The summed E-state index contributed by atoms with van der Waals surface area (Å²) in [6, 6.07) is 0. The molecule has 0 aromatic carbocycles. The van der Waals surface area contributed by atoms with Crippen LogP contribution in [0, 0.1) is 0 Å². The zero-order valence-corrected chi connectivity index (χ0v) is 36.5. The van der Waals surface area contributed by atoms with Gasteiger partial charge >= 0.3 is 0 Å². The molecule has 31 heavy (non-hydrogen) atoms. The minimum Gasteiger partial charge on any atom is -0.0750 e. The molecule has 0 unspecified atom stereocenters. The zero-order valence-electron chi connectivity index (χ0n) is 25.5. The highest BCUT2D eigenvalue weighted by molar-refractivity contribution is 8.41. The molecular weight excluding hydrogens is 549 g/mol. The molecule has 0 saturated carbocycles. The van der Waals surface area contributed by atoms with Crippen LogP contribution in [0.25, 0.3) is 0 Å². The van der Waals surface area contributed by atoms with E-state index in [4.69, 9.17) is 0 Å². The summed E-state index contributed by atoms with van der Waals surface area (Å²) in [6.45, 7) is 59.9. The Morgan fingerprint density at radius 2 is 0.484 bits per heavy atom. The molecular formula is C20H60Si11. The minimum atomic E-state index is -1.29. The van der Waals surface area contributed by atoms with E-state index >= 15 is 0 Å². The van der Waals surface area contributed by atoms with E-state index in [0.717, 1.165) is 0 Å². The number of hydrogen-bond acceptors (Lipinski definition) is 0. The van der Waals surface area contributed by atoms with Crippen molar-refractivity contribution in [3.05, 3.63) is 0 Å². The maximum absolute atomic E-state index is 3.15. The van der Waals surface area contributed by atoms with E-state index in [1.54, 1.807) is 0 Å². The van der Waals surface area contributed by atoms with Gasteiger partial charge in [-0.25, -0.2) is 0 Å². The van der Waals surface area contributed by atoms with Gasteiger partial charge in [0.05, 0.1) is 0 Å². The van der Waals surface area contributed by atoms with Crippen molar-refractivity contribution in [2.24, 2.45) is 0 Å². The smallest absolute Gasteiger partial charge is 0.0329 e. The quantitative estimate of drug-likeness (QED) is 0.271. The van der Waals surface area contributed by atoms with Crippen LogP contribution in [-0.4, -0.2) is 77.2 Å². The second-order valence-electron chi connectivity index (χ2n) is 17.1. The molecule has 0 radical (unpaired) electrons. The third-order valence-corrected chi connectivity index (χ3v) is 370. The molecule has 0 N–H and O–H groups in total. The van der Waals surface area contributed by atoms with Gasteiger partial charge < -0.3 is 0 Å². The van der Waals surface area contributed by atoms with Crippen LogP contribution in [0.2, 0.25) is 131 Å². The summed E-state index contributed by atoms with van der Waals surface area (Å²) in [5.74, 6) is 0. The van der Waals surface area contributed by atoms with Crippen molar-refractivity contribution in [1.82, 2.24) is 0 Å². The molecule has 2 saturated heterocycles. The molecule has 0 atom stereocenters. The largest absolute Gasteiger partial charge is 0.0750 e. The van der Waals surface area contributed by atoms with Crippen LogP contribution in [0.1, 0.15) is 0 Å². The second kappa shape index (κ2) is 6.82. The lowest BCUT2D eigenvalue weighted by atomic mass is 11.8. The van der Waals surface area contributed by atoms with Gasteiger partial charge in [-0.15, -0.1) is 0 Å². The third-order valence-electron chi connectivity index (χ3n) is 15.6. The lowest BCUT2D eigenvalue weighted by molar-refractivity contribution is 1.74. The van der Waals surface area contributed by atoms with Crippen molar-refractivity contribution in [2.45, 2.75) is 131 Å². The van der Waals surface area contributed by atoms with Gasteiger partial charge in [-0.05, 0) is 0 Å². The summed E-state index contributed by atoms with van der Waals surface area (Å²) in [7, 11) is -11.0. The summed E-state index contributed by atoms with van der Waals surface area (Å²) in [6.07, 6.45) is -1.28. The zero-order chi connectivity index (χ0) is 25.5. The van der Waals surface area contributed by atoms with Gasteiger partial charge in [0.15, 0.2) is 0 Å². The van der Waals surface area contributed by atoms with Crippen LogP contribution in [0.15, 0.2) is 0 Å². The van der Waals surface area contributed by atoms with Gasteiger partial charge in [0.2, 0.25) is 0 Å². The van der Waals surface area contributed by atoms with E-state index < -0.39 is 77.2 Å². The van der Waals surface area contributed by atoms with Crippen molar-refractivity contribution < 1.29 is 0 Å². The first kappa shape index (κ1) is 29.6. The Balaban J connectivity index is 3.29. The number of hydrogen-bond donors (Lipinski definition) is 0. The van der Waals surface area contributed by atoms with Gasteiger partial charge in [0.25, 0.3) is 0 Å². The standard InChI is InChI=1S/C20H60Si11/c1-21(2,3)30(20)24(8,9)28(16,17)31(29(18,19)25(30,10)11)26(12,13)22(4,5)23(6,7)27(31,14)15/h1-20H3. The predicted octanol–water partition coefficient (Wildman–Crippen LogP) is 7.49. The molecule has 0 bridgehead atoms. The van der Waals surface area contributed by atoms with Crippen LogP contribution in [0.3, 0.4) is 0 Å². The highest BCUT2D eigenvalue weighted by Gasteiger charge is 2.93. The van der Waals surface area contributed by atoms with Gasteiger partial charge in [-0.1, -0.05) is 131 Å². The van der Waals surface area contributed by atoms with Gasteiger partial charge in [-0.2, -0.15) is 0 Å². The fourth-order valence-corrected chi connectivity index (χ4v) is 750. The van der Waals surface area contributed by atoms with E-state index in [1.807, 2.05) is 0 Å². The van der Waals surface area contributed by atoms with Crippen LogP contribution in [0.4, 0.5) is 0 Å². The van der Waals surface area contributed by atoms with Crippen molar-refractivity contribution in [3.8, 4) is 0 Å². The second-order valence-corrected chi connectivity index (χ2v) is 159. The lowest BCUT2D eigenvalue weighted by Gasteiger charge is -2.81. The Bertz CT molecular complexity index is 725. The maximum atomic E-state index is 3.15. The van der Waals surface area contributed by atoms with Crippen LogP contribution < -0.4 is 0 Å². The molecule has 0 aliphatic carbocycles. The highest BCUT2D eigenvalue weighted by Crippen LogP contribution is 2.65. The van der Waals surface area contributed by atoms with E-state index in [2.05, 4.69) is 131 Å². The Labute approximate surface area is 206 Å². The van der Waals surface area contributed by atoms with Crippen LogP contribution >= 0.6 is 0 Å². The average molecular weight is 610 g/mol. The summed E-state index contributed by atoms with van der Waals surface area (Å²) in [5.41, 5.74) is 0. The third kappa shape index (κ3) is 2.45. The van der Waals surface area contributed by atoms with E-state index in [1.165, 1.54) is 0 Å². The molecule has 0 aromatic rings. The van der Waals surface area contributed by atoms with E-state index in [-0.39, 0.29) is 0 Å². The van der Waals surface area contributed by atoms with Crippen molar-refractivity contribution in [3.63, 3.8) is 0 Å². The Morgan fingerprint density at radius 3 is 0.677 bits per heavy atom. The first-order valence-corrected chi connectivity index (χ1v) is 57.0. The first-order valence-electron chi connectivity index (χ1n) is 13.0. The molecule has 2 fully saturated rings. The molecule has 0 nitrogen and oxygen atoms in total. The summed E-state index contributed by atoms with van der Waals surface area (Å²) < 4.78 is 0. The maximum Gasteiger partial charge on any atom is 0.0329 e. The molecule has 184 valence electrons. The summed E-state index contributed by atoms with van der Waals surface area (Å²) >= 11 is 0. The fourth-order valence-electron chi connectivity index (χ4n) is 12.0. The molecule has 2 heterocycles. The van der Waals surface area contributed by atoms with Crippen molar-refractivity contribution in [1.29, 1.82) is 0 Å².